The van der Waals surface area contributed by atoms with Gasteiger partial charge in [-0.15, -0.1) is 0 Å². The summed E-state index contributed by atoms with van der Waals surface area (Å²) in [5.74, 6) is -1.78. The van der Waals surface area contributed by atoms with Crippen LogP contribution < -0.4 is 5.11 Å². The number of hydrogen-bond acceptors (Lipinski definition) is 7. The fourth-order valence-electron chi connectivity index (χ4n) is 7.09. The predicted molar refractivity (Wildman–Crippen MR) is 268 cm³/mol. The first-order valence-electron chi connectivity index (χ1n) is 25.7. The number of carbonyl (C=O) groups is 3. The van der Waals surface area contributed by atoms with Crippen LogP contribution in [0.2, 0.25) is 0 Å². The third-order valence-electron chi connectivity index (χ3n) is 11.1. The van der Waals surface area contributed by atoms with Gasteiger partial charge in [-0.1, -0.05) is 189 Å². The van der Waals surface area contributed by atoms with Crippen molar-refractivity contribution in [1.82, 2.24) is 0 Å². The number of rotatable bonds is 45. The zero-order valence-corrected chi connectivity index (χ0v) is 41.7. The second-order valence-electron chi connectivity index (χ2n) is 18.1. The molecule has 8 nitrogen and oxygen atoms in total. The van der Waals surface area contributed by atoms with Crippen LogP contribution in [0.25, 0.3) is 0 Å². The molecule has 0 aliphatic carbocycles. The van der Waals surface area contributed by atoms with Crippen molar-refractivity contribution in [2.24, 2.45) is 0 Å². The number of hydrogen-bond donors (Lipinski definition) is 0. The maximum Gasteiger partial charge on any atom is 0.306 e. The summed E-state index contributed by atoms with van der Waals surface area (Å²) >= 11 is 0. The lowest BCUT2D eigenvalue weighted by atomic mass is 10.1. The van der Waals surface area contributed by atoms with E-state index in [0.717, 1.165) is 83.5 Å². The molecule has 0 spiro atoms. The molecule has 0 saturated heterocycles. The summed E-state index contributed by atoms with van der Waals surface area (Å²) in [6, 6.07) is -0.736. The first-order valence-corrected chi connectivity index (χ1v) is 25.7. The molecule has 0 aromatic heterocycles. The van der Waals surface area contributed by atoms with Gasteiger partial charge >= 0.3 is 11.9 Å². The van der Waals surface area contributed by atoms with E-state index in [1.165, 1.54) is 83.5 Å². The Balaban J connectivity index is 4.32. The minimum absolute atomic E-state index is 0.0262. The van der Waals surface area contributed by atoms with Gasteiger partial charge in [0.2, 0.25) is 0 Å². The Kier molecular flexibility index (Phi) is 43.5. The average Bonchev–Trinajstić information content (AvgIpc) is 3.26. The molecule has 8 heteroatoms. The number of carboxylic acids is 1. The SMILES string of the molecule is CCCCC/C=C/C=C/C=C/C=C/CCCCCCCC(=O)OCC(COCCC(C(=O)[O-])[N+](C)(C)C)OC(=O)CCCCCCCCCCC/C=C/C/C=C/C/C=C/CCCCC. The van der Waals surface area contributed by atoms with E-state index >= 15 is 0 Å². The van der Waals surface area contributed by atoms with Gasteiger partial charge in [0, 0.05) is 19.3 Å². The number of ether oxygens (including phenoxy) is 3. The van der Waals surface area contributed by atoms with Gasteiger partial charge in [0.05, 0.1) is 40.3 Å². The number of carbonyl (C=O) groups excluding carboxylic acids is 3. The van der Waals surface area contributed by atoms with Crippen LogP contribution in [0.1, 0.15) is 200 Å². The van der Waals surface area contributed by atoms with E-state index in [-0.39, 0.29) is 42.7 Å². The van der Waals surface area contributed by atoms with Gasteiger partial charge in [0.25, 0.3) is 0 Å². The lowest BCUT2D eigenvalue weighted by molar-refractivity contribution is -0.889. The zero-order chi connectivity index (χ0) is 47.0. The van der Waals surface area contributed by atoms with Crippen molar-refractivity contribution in [1.29, 1.82) is 0 Å². The Morgan fingerprint density at radius 3 is 1.36 bits per heavy atom. The Morgan fingerprint density at radius 1 is 0.484 bits per heavy atom. The summed E-state index contributed by atoms with van der Waals surface area (Å²) in [5.41, 5.74) is 0. The van der Waals surface area contributed by atoms with Crippen molar-refractivity contribution in [3.05, 3.63) is 85.1 Å². The molecule has 0 rings (SSSR count). The molecule has 2 unspecified atom stereocenters. The second kappa shape index (κ2) is 46.1. The monoisotopic (exact) mass is 894 g/mol. The van der Waals surface area contributed by atoms with E-state index in [4.69, 9.17) is 14.2 Å². The van der Waals surface area contributed by atoms with Gasteiger partial charge < -0.3 is 28.6 Å². The highest BCUT2D eigenvalue weighted by atomic mass is 16.6. The van der Waals surface area contributed by atoms with Crippen LogP contribution in [-0.4, -0.2) is 75.5 Å². The van der Waals surface area contributed by atoms with Crippen LogP contribution in [0.4, 0.5) is 0 Å². The number of allylic oxidation sites excluding steroid dienone is 14. The summed E-state index contributed by atoms with van der Waals surface area (Å²) in [4.78, 5) is 37.0. The molecule has 0 aliphatic rings. The summed E-state index contributed by atoms with van der Waals surface area (Å²) in [7, 11) is 5.40. The third-order valence-corrected chi connectivity index (χ3v) is 11.1. The maximum absolute atomic E-state index is 12.8. The van der Waals surface area contributed by atoms with Crippen molar-refractivity contribution in [3.63, 3.8) is 0 Å². The fraction of sp³-hybridized carbons (Fsp3) is 0.696. The fourth-order valence-corrected chi connectivity index (χ4v) is 7.09. The summed E-state index contributed by atoms with van der Waals surface area (Å²) in [6.07, 6.45) is 60.3. The third kappa shape index (κ3) is 43.7. The van der Waals surface area contributed by atoms with Crippen LogP contribution in [0.15, 0.2) is 85.1 Å². The number of aliphatic carboxylic acids is 1. The number of esters is 2. The molecule has 64 heavy (non-hydrogen) atoms. The molecule has 2 atom stereocenters. The topological polar surface area (TPSA) is 102 Å². The predicted octanol–water partition coefficient (Wildman–Crippen LogP) is 13.5. The normalized spacial score (nSPS) is 13.6. The molecule has 0 aliphatic heterocycles. The van der Waals surface area contributed by atoms with Gasteiger partial charge in [-0.2, -0.15) is 0 Å². The van der Waals surface area contributed by atoms with Gasteiger partial charge in [-0.05, 0) is 77.0 Å². The molecule has 0 amide bonds. The van der Waals surface area contributed by atoms with Gasteiger partial charge in [0.15, 0.2) is 6.10 Å². The first-order chi connectivity index (χ1) is 31.1. The molecule has 0 aromatic rings. The van der Waals surface area contributed by atoms with E-state index < -0.39 is 18.1 Å². The molecule has 366 valence electrons. The Morgan fingerprint density at radius 2 is 0.891 bits per heavy atom. The number of carboxylic acid groups (broad SMARTS) is 1. The molecule has 0 aromatic carbocycles. The molecule has 0 radical (unpaired) electrons. The van der Waals surface area contributed by atoms with Crippen LogP contribution in [-0.2, 0) is 28.6 Å². The summed E-state index contributed by atoms with van der Waals surface area (Å²) in [6.45, 7) is 4.57. The van der Waals surface area contributed by atoms with Crippen molar-refractivity contribution < 1.29 is 38.2 Å². The number of unbranched alkanes of at least 4 members (excludes halogenated alkanes) is 20. The van der Waals surface area contributed by atoms with Gasteiger partial charge in [0.1, 0.15) is 12.6 Å². The number of likely N-dealkylation sites (N-methyl/N-ethyl adjacent to an activating group) is 1. The van der Waals surface area contributed by atoms with Crippen LogP contribution >= 0.6 is 0 Å². The molecule has 0 saturated carbocycles. The van der Waals surface area contributed by atoms with Crippen molar-refractivity contribution in [2.45, 2.75) is 212 Å². The van der Waals surface area contributed by atoms with E-state index in [9.17, 15) is 19.5 Å². The second-order valence-corrected chi connectivity index (χ2v) is 18.1. The smallest absolute Gasteiger partial charge is 0.306 e. The van der Waals surface area contributed by atoms with Gasteiger partial charge in [-0.3, -0.25) is 9.59 Å². The molecular weight excluding hydrogens is 799 g/mol. The zero-order valence-electron chi connectivity index (χ0n) is 41.7. The van der Waals surface area contributed by atoms with Crippen molar-refractivity contribution in [2.75, 3.05) is 41.0 Å². The van der Waals surface area contributed by atoms with E-state index in [2.05, 4.69) is 98.9 Å². The largest absolute Gasteiger partial charge is 0.544 e. The Labute approximate surface area is 393 Å². The highest BCUT2D eigenvalue weighted by molar-refractivity contribution is 5.70. The summed E-state index contributed by atoms with van der Waals surface area (Å²) < 4.78 is 17.2. The van der Waals surface area contributed by atoms with Crippen LogP contribution in [0.3, 0.4) is 0 Å². The molecular formula is C56H95NO7. The van der Waals surface area contributed by atoms with Gasteiger partial charge in [-0.25, -0.2) is 0 Å². The summed E-state index contributed by atoms with van der Waals surface area (Å²) in [5, 5.41) is 11.7. The molecule has 0 heterocycles. The van der Waals surface area contributed by atoms with E-state index in [0.29, 0.717) is 12.8 Å². The van der Waals surface area contributed by atoms with Crippen molar-refractivity contribution >= 4 is 17.9 Å². The molecule has 0 bridgehead atoms. The Hall–Kier alpha value is -3.49. The Bertz CT molecular complexity index is 1320. The number of quaternary nitrogens is 1. The minimum Gasteiger partial charge on any atom is -0.544 e. The standard InChI is InChI=1S/C56H95NO7/c1-6-8-10-12-14-16-18-20-22-24-26-27-28-29-31-33-35-37-39-41-43-45-47-55(59)64-52(50-62-49-48-53(56(60)61)57(3,4)5)51-63-54(58)46-44-42-40-38-36-34-32-30-25-23-21-19-17-15-13-11-9-7-2/h14-17,19-23,25-27,30,32,52-53H,6-13,18,24,28-29,31,33-51H2,1-5H3/b16-14+,17-15+,21-19+,22-20+,25-23+,27-26+,32-30+. The highest BCUT2D eigenvalue weighted by Gasteiger charge is 2.25. The van der Waals surface area contributed by atoms with Crippen LogP contribution in [0.5, 0.6) is 0 Å². The quantitative estimate of drug-likeness (QED) is 0.0197. The van der Waals surface area contributed by atoms with Crippen molar-refractivity contribution in [3.8, 4) is 0 Å². The lowest BCUT2D eigenvalue weighted by Crippen LogP contribution is -2.55. The van der Waals surface area contributed by atoms with E-state index in [1.54, 1.807) is 21.1 Å². The maximum atomic E-state index is 12.8. The highest BCUT2D eigenvalue weighted by Crippen LogP contribution is 2.14. The minimum atomic E-state index is -1.13. The first kappa shape index (κ1) is 60.5. The number of nitrogens with zero attached hydrogens (tertiary/aromatic N) is 1. The average molecular weight is 894 g/mol. The van der Waals surface area contributed by atoms with Crippen LogP contribution in [0, 0.1) is 0 Å². The molecule has 0 fully saturated rings. The lowest BCUT2D eigenvalue weighted by Gasteiger charge is -2.34. The van der Waals surface area contributed by atoms with E-state index in [1.807, 2.05) is 0 Å². The molecule has 0 N–H and O–H groups in total.